The number of hydrogen-bond donors (Lipinski definition) is 6. The molecule has 0 bridgehead atoms. The first kappa shape index (κ1) is 19.9. The van der Waals surface area contributed by atoms with E-state index in [1.54, 1.807) is 0 Å². The lowest BCUT2D eigenvalue weighted by Crippen LogP contribution is -2.36. The molecule has 0 spiro atoms. The van der Waals surface area contributed by atoms with Gasteiger partial charge < -0.3 is 35.5 Å². The predicted molar refractivity (Wildman–Crippen MR) is 60.6 cm³/mol. The Labute approximate surface area is 105 Å². The third-order valence-corrected chi connectivity index (χ3v) is 2.64. The van der Waals surface area contributed by atoms with Gasteiger partial charge in [0, 0.05) is 0 Å². The maximum Gasteiger partial charge on any atom is 0.344 e. The van der Waals surface area contributed by atoms with E-state index in [2.05, 4.69) is 6.58 Å². The van der Waals surface area contributed by atoms with Crippen molar-refractivity contribution >= 4 is 8.03 Å². The van der Waals surface area contributed by atoms with Crippen LogP contribution in [0, 0.1) is 0 Å². The van der Waals surface area contributed by atoms with Crippen molar-refractivity contribution in [3.63, 3.8) is 0 Å². The van der Waals surface area contributed by atoms with E-state index in [-0.39, 0.29) is 6.42 Å². The summed E-state index contributed by atoms with van der Waals surface area (Å²) in [5.41, 5.74) is -1.37. The van der Waals surface area contributed by atoms with Gasteiger partial charge in [-0.25, -0.2) is 0 Å². The summed E-state index contributed by atoms with van der Waals surface area (Å²) in [5, 5.41) is 50.9. The molecule has 0 saturated heterocycles. The third-order valence-electron chi connectivity index (χ3n) is 1.86. The molecule has 0 heterocycles. The fourth-order valence-corrected chi connectivity index (χ4v) is 1.06. The highest BCUT2D eigenvalue weighted by molar-refractivity contribution is 7.37. The second-order valence-corrected chi connectivity index (χ2v) is 4.58. The Balaban J connectivity index is 0. The van der Waals surface area contributed by atoms with E-state index in [9.17, 15) is 9.46 Å². The van der Waals surface area contributed by atoms with E-state index in [0.29, 0.717) is 0 Å². The molecule has 3 unspecified atom stereocenters. The van der Waals surface area contributed by atoms with Gasteiger partial charge in [-0.15, -0.1) is 6.58 Å². The molecule has 0 aromatic rings. The number of hydrogen-bond acceptors (Lipinski definition) is 8. The Morgan fingerprint density at radius 1 is 1.28 bits per heavy atom. The van der Waals surface area contributed by atoms with Crippen molar-refractivity contribution in [1.29, 1.82) is 0 Å². The van der Waals surface area contributed by atoms with Crippen molar-refractivity contribution in [1.82, 2.24) is 0 Å². The van der Waals surface area contributed by atoms with Crippen molar-refractivity contribution in [2.45, 2.75) is 24.0 Å². The predicted octanol–water partition coefficient (Wildman–Crippen LogP) is -2.96. The Morgan fingerprint density at radius 2 is 1.72 bits per heavy atom. The number of aliphatic hydroxyl groups excluding tert-OH is 5. The molecule has 0 rings (SSSR count). The topological polar surface area (TPSA) is 162 Å². The maximum absolute atomic E-state index is 9.82. The van der Waals surface area contributed by atoms with Crippen molar-refractivity contribution in [2.24, 2.45) is 0 Å². The minimum absolute atomic E-state index is 0.208. The van der Waals surface area contributed by atoms with Gasteiger partial charge in [0.25, 0.3) is 5.85 Å². The summed E-state index contributed by atoms with van der Waals surface area (Å²) >= 11 is 0. The van der Waals surface area contributed by atoms with Crippen LogP contribution in [0.1, 0.15) is 6.42 Å². The Morgan fingerprint density at radius 3 is 1.83 bits per heavy atom. The molecule has 0 aliphatic carbocycles. The molecule has 6 N–H and O–H groups in total. The number of aliphatic hydroxyl groups is 6. The van der Waals surface area contributed by atoms with Crippen LogP contribution in [0.4, 0.5) is 0 Å². The van der Waals surface area contributed by atoms with Gasteiger partial charge in [-0.1, -0.05) is 10.6 Å². The average molecular weight is 286 g/mol. The Hall–Kier alpha value is -0.440. The van der Waals surface area contributed by atoms with Crippen LogP contribution in [0.5, 0.6) is 0 Å². The quantitative estimate of drug-likeness (QED) is 0.214. The van der Waals surface area contributed by atoms with Gasteiger partial charge in [-0.3, -0.25) is 0 Å². The Kier molecular flexibility index (Phi) is 11.6. The molecular formula is C9H19O8P. The average Bonchev–Trinajstić information content (AvgIpc) is 2.37. The van der Waals surface area contributed by atoms with Gasteiger partial charge in [0.2, 0.25) is 0 Å². The van der Waals surface area contributed by atoms with Crippen LogP contribution in [-0.4, -0.2) is 68.0 Å². The molecule has 0 aromatic carbocycles. The van der Waals surface area contributed by atoms with Crippen LogP contribution in [0.15, 0.2) is 12.7 Å². The van der Waals surface area contributed by atoms with E-state index in [0.717, 1.165) is 0 Å². The zero-order valence-corrected chi connectivity index (χ0v) is 10.6. The number of rotatable bonds is 7. The molecular weight excluding hydrogens is 267 g/mol. The van der Waals surface area contributed by atoms with Crippen LogP contribution in [0.25, 0.3) is 0 Å². The van der Waals surface area contributed by atoms with Crippen molar-refractivity contribution in [3.8, 4) is 0 Å². The van der Waals surface area contributed by atoms with Crippen molar-refractivity contribution < 1.29 is 40.1 Å². The van der Waals surface area contributed by atoms with Crippen LogP contribution >= 0.6 is 8.03 Å². The molecule has 18 heavy (non-hydrogen) atoms. The Bertz CT molecular complexity index is 243. The molecule has 9 heteroatoms. The van der Waals surface area contributed by atoms with Crippen LogP contribution in [0.3, 0.4) is 0 Å². The molecule has 0 radical (unpaired) electrons. The monoisotopic (exact) mass is 286 g/mol. The van der Waals surface area contributed by atoms with Gasteiger partial charge in [0.15, 0.2) is 0 Å². The van der Waals surface area contributed by atoms with E-state index in [1.807, 2.05) is 0 Å². The normalized spacial score (nSPS) is 15.2. The summed E-state index contributed by atoms with van der Waals surface area (Å²) in [6.45, 7) is 1.73. The van der Waals surface area contributed by atoms with E-state index < -0.39 is 45.4 Å². The lowest BCUT2D eigenvalue weighted by Gasteiger charge is -2.20. The lowest BCUT2D eigenvalue weighted by molar-refractivity contribution is -0.176. The van der Waals surface area contributed by atoms with E-state index >= 15 is 0 Å². The summed E-state index contributed by atoms with van der Waals surface area (Å²) < 4.78 is 9.82. The van der Waals surface area contributed by atoms with Crippen LogP contribution < -0.4 is 4.89 Å². The second kappa shape index (κ2) is 10.5. The molecule has 0 fully saturated rings. The lowest BCUT2D eigenvalue weighted by atomic mass is 10.0. The highest BCUT2D eigenvalue weighted by Gasteiger charge is 2.26. The molecule has 0 aromatic heterocycles. The fraction of sp³-hybridized carbons (Fsp3) is 0.778. The zero-order chi connectivity index (χ0) is 14.8. The second-order valence-electron chi connectivity index (χ2n) is 3.48. The molecule has 108 valence electrons. The zero-order valence-electron chi connectivity index (χ0n) is 9.71. The summed E-state index contributed by atoms with van der Waals surface area (Å²) in [6.07, 6.45) is 0.0676. The van der Waals surface area contributed by atoms with Crippen LogP contribution in [0.2, 0.25) is 0 Å². The smallest absolute Gasteiger partial charge is 0.344 e. The first-order chi connectivity index (χ1) is 8.27. The van der Waals surface area contributed by atoms with Crippen LogP contribution in [-0.2, 0) is 4.57 Å². The summed E-state index contributed by atoms with van der Waals surface area (Å²) in [5.74, 6) is -1.86. The van der Waals surface area contributed by atoms with Gasteiger partial charge in [-0.2, -0.15) is 0 Å². The molecule has 8 nitrogen and oxygen atoms in total. The minimum Gasteiger partial charge on any atom is -0.593 e. The van der Waals surface area contributed by atoms with Crippen molar-refractivity contribution in [2.75, 3.05) is 19.8 Å². The first-order valence-electron chi connectivity index (χ1n) is 4.93. The summed E-state index contributed by atoms with van der Waals surface area (Å²) in [6, 6.07) is 0. The molecule has 0 aliphatic heterocycles. The standard InChI is InChI=1S/C6H12O3.C3H7O5P/c1-2-3-6(9,4-7)5-8;4-1-2(5)3(6)9(7)8/h2,7-9H,1,3-5H2;2-6H,1H2. The minimum atomic E-state index is -3.06. The largest absolute Gasteiger partial charge is 0.593 e. The maximum atomic E-state index is 9.82. The van der Waals surface area contributed by atoms with E-state index in [4.69, 9.17) is 30.6 Å². The summed E-state index contributed by atoms with van der Waals surface area (Å²) in [4.78, 5) is 9.82. The van der Waals surface area contributed by atoms with Gasteiger partial charge in [0.1, 0.15) is 11.7 Å². The molecule has 0 saturated carbocycles. The fourth-order valence-electron chi connectivity index (χ4n) is 0.683. The van der Waals surface area contributed by atoms with Gasteiger partial charge in [-0.05, 0) is 6.42 Å². The van der Waals surface area contributed by atoms with Crippen molar-refractivity contribution in [3.05, 3.63) is 12.7 Å². The first-order valence-corrected chi connectivity index (χ1v) is 6.18. The molecule has 0 aliphatic rings. The third kappa shape index (κ3) is 8.62. The van der Waals surface area contributed by atoms with E-state index in [1.165, 1.54) is 6.08 Å². The summed E-state index contributed by atoms with van der Waals surface area (Å²) in [7, 11) is -3.06. The SMILES string of the molecule is C=CCC(O)(CO)CO.O=[P+]([O-])C(O)C(O)CO. The highest BCUT2D eigenvalue weighted by Crippen LogP contribution is 2.17. The van der Waals surface area contributed by atoms with Gasteiger partial charge in [0.05, 0.1) is 19.8 Å². The van der Waals surface area contributed by atoms with Gasteiger partial charge >= 0.3 is 8.03 Å². The molecule has 3 atom stereocenters. The highest BCUT2D eigenvalue weighted by atomic mass is 31.1. The molecule has 0 amide bonds.